The molecule has 0 aliphatic rings. The number of nitrogens with one attached hydrogen (secondary N) is 1. The van der Waals surface area contributed by atoms with Gasteiger partial charge in [-0.1, -0.05) is 6.07 Å². The molecule has 1 aromatic carbocycles. The Kier molecular flexibility index (Phi) is 4.11. The summed E-state index contributed by atoms with van der Waals surface area (Å²) in [6.45, 7) is 0.995. The van der Waals surface area contributed by atoms with Crippen molar-refractivity contribution < 1.29 is 9.13 Å². The molecule has 2 rings (SSSR count). The smallest absolute Gasteiger partial charge is 0.183 e. The number of nitrogens with two attached hydrogens (primary N) is 1. The third-order valence-corrected chi connectivity index (χ3v) is 3.39. The van der Waals surface area contributed by atoms with E-state index in [9.17, 15) is 4.39 Å². The monoisotopic (exact) mass is 267 g/mol. The van der Waals surface area contributed by atoms with E-state index in [2.05, 4.69) is 10.3 Å². The Hall–Kier alpha value is -1.66. The molecule has 0 saturated heterocycles. The van der Waals surface area contributed by atoms with E-state index in [1.807, 2.05) is 6.07 Å². The summed E-state index contributed by atoms with van der Waals surface area (Å²) in [6.07, 6.45) is 1.74. The van der Waals surface area contributed by atoms with Crippen LogP contribution < -0.4 is 15.8 Å². The Balaban J connectivity index is 1.99. The van der Waals surface area contributed by atoms with Crippen LogP contribution in [0, 0.1) is 5.82 Å². The van der Waals surface area contributed by atoms with Gasteiger partial charge in [0.25, 0.3) is 0 Å². The number of hydrogen-bond acceptors (Lipinski definition) is 5. The third-order valence-electron chi connectivity index (χ3n) is 2.41. The molecule has 0 fully saturated rings. The molecule has 1 heterocycles. The fourth-order valence-corrected chi connectivity index (χ4v) is 2.17. The molecular weight excluding hydrogens is 253 g/mol. The second-order valence-corrected chi connectivity index (χ2v) is 4.77. The number of methoxy groups -OCH3 is 1. The predicted octanol–water partition coefficient (Wildman–Crippen LogP) is 2.36. The van der Waals surface area contributed by atoms with Gasteiger partial charge >= 0.3 is 0 Å². The molecule has 0 aliphatic heterocycles. The van der Waals surface area contributed by atoms with E-state index in [1.54, 1.807) is 12.3 Å². The Bertz CT molecular complexity index is 530. The minimum Gasteiger partial charge on any atom is -0.494 e. The summed E-state index contributed by atoms with van der Waals surface area (Å²) in [4.78, 5) is 5.18. The predicted molar refractivity (Wildman–Crippen MR) is 70.3 cm³/mol. The number of aromatic nitrogens is 1. The van der Waals surface area contributed by atoms with Gasteiger partial charge in [0.2, 0.25) is 0 Å². The summed E-state index contributed by atoms with van der Waals surface area (Å²) in [5, 5.41) is 3.91. The van der Waals surface area contributed by atoms with Crippen LogP contribution in [0.15, 0.2) is 24.4 Å². The summed E-state index contributed by atoms with van der Waals surface area (Å²) >= 11 is 1.50. The van der Waals surface area contributed by atoms with E-state index in [-0.39, 0.29) is 11.6 Å². The minimum absolute atomic E-state index is 0.249. The molecule has 0 amide bonds. The molecule has 18 heavy (non-hydrogen) atoms. The molecule has 0 unspecified atom stereocenters. The standard InChI is InChI=1S/C12H14FN3OS/c1-17-11-3-2-8(4-10(11)13)6-15-12-16-7-9(5-14)18-12/h2-4,7H,5-6,14H2,1H3,(H,15,16). The van der Waals surface area contributed by atoms with Crippen molar-refractivity contribution in [3.63, 3.8) is 0 Å². The van der Waals surface area contributed by atoms with Crippen LogP contribution in [0.2, 0.25) is 0 Å². The fourth-order valence-electron chi connectivity index (χ4n) is 1.48. The Labute approximate surface area is 109 Å². The van der Waals surface area contributed by atoms with Crippen LogP contribution in [0.4, 0.5) is 9.52 Å². The van der Waals surface area contributed by atoms with E-state index in [1.165, 1.54) is 24.5 Å². The fraction of sp³-hybridized carbons (Fsp3) is 0.250. The zero-order chi connectivity index (χ0) is 13.0. The molecule has 0 saturated carbocycles. The van der Waals surface area contributed by atoms with Crippen molar-refractivity contribution in [1.82, 2.24) is 4.98 Å². The van der Waals surface area contributed by atoms with Crippen molar-refractivity contribution in [3.8, 4) is 5.75 Å². The van der Waals surface area contributed by atoms with Crippen molar-refractivity contribution in [3.05, 3.63) is 40.7 Å². The van der Waals surface area contributed by atoms with Crippen LogP contribution in [-0.2, 0) is 13.1 Å². The number of rotatable bonds is 5. The normalized spacial score (nSPS) is 10.4. The first-order valence-electron chi connectivity index (χ1n) is 5.44. The van der Waals surface area contributed by atoms with Gasteiger partial charge in [0.15, 0.2) is 16.7 Å². The highest BCUT2D eigenvalue weighted by Crippen LogP contribution is 2.20. The number of halogens is 1. The maximum Gasteiger partial charge on any atom is 0.183 e. The highest BCUT2D eigenvalue weighted by atomic mass is 32.1. The van der Waals surface area contributed by atoms with Gasteiger partial charge in [-0.3, -0.25) is 0 Å². The molecule has 6 heteroatoms. The van der Waals surface area contributed by atoms with Gasteiger partial charge in [0.05, 0.1) is 7.11 Å². The van der Waals surface area contributed by atoms with Gasteiger partial charge < -0.3 is 15.8 Å². The van der Waals surface area contributed by atoms with Crippen LogP contribution in [0.3, 0.4) is 0 Å². The highest BCUT2D eigenvalue weighted by Gasteiger charge is 2.04. The van der Waals surface area contributed by atoms with Crippen molar-refractivity contribution >= 4 is 16.5 Å². The van der Waals surface area contributed by atoms with Crippen LogP contribution in [0.5, 0.6) is 5.75 Å². The number of anilines is 1. The molecule has 3 N–H and O–H groups in total. The van der Waals surface area contributed by atoms with Crippen molar-refractivity contribution in [1.29, 1.82) is 0 Å². The van der Waals surface area contributed by atoms with E-state index in [4.69, 9.17) is 10.5 Å². The topological polar surface area (TPSA) is 60.2 Å². The molecule has 0 radical (unpaired) electrons. The SMILES string of the molecule is COc1ccc(CNc2ncc(CN)s2)cc1F. The maximum absolute atomic E-state index is 13.5. The minimum atomic E-state index is -0.362. The lowest BCUT2D eigenvalue weighted by Gasteiger charge is -2.05. The average Bonchev–Trinajstić information content (AvgIpc) is 2.84. The van der Waals surface area contributed by atoms with Gasteiger partial charge in [0.1, 0.15) is 0 Å². The lowest BCUT2D eigenvalue weighted by molar-refractivity contribution is 0.386. The zero-order valence-electron chi connectivity index (χ0n) is 9.94. The first-order chi connectivity index (χ1) is 8.72. The van der Waals surface area contributed by atoms with Gasteiger partial charge in [-0.2, -0.15) is 0 Å². The van der Waals surface area contributed by atoms with Crippen LogP contribution >= 0.6 is 11.3 Å². The first kappa shape index (κ1) is 12.8. The van der Waals surface area contributed by atoms with Gasteiger partial charge in [-0.25, -0.2) is 9.37 Å². The Morgan fingerprint density at radius 3 is 2.94 bits per heavy atom. The summed E-state index contributed by atoms with van der Waals surface area (Å²) in [5.74, 6) is -0.114. The molecule has 0 atom stereocenters. The zero-order valence-corrected chi connectivity index (χ0v) is 10.8. The molecule has 96 valence electrons. The van der Waals surface area contributed by atoms with Gasteiger partial charge in [-0.15, -0.1) is 11.3 Å². The number of ether oxygens (including phenoxy) is 1. The van der Waals surface area contributed by atoms with E-state index >= 15 is 0 Å². The molecule has 0 bridgehead atoms. The lowest BCUT2D eigenvalue weighted by atomic mass is 10.2. The van der Waals surface area contributed by atoms with Gasteiger partial charge in [-0.05, 0) is 17.7 Å². The van der Waals surface area contributed by atoms with E-state index in [0.29, 0.717) is 13.1 Å². The summed E-state index contributed by atoms with van der Waals surface area (Å²) in [7, 11) is 1.44. The number of nitrogens with zero attached hydrogens (tertiary/aromatic N) is 1. The lowest BCUT2D eigenvalue weighted by Crippen LogP contribution is -1.99. The molecular formula is C12H14FN3OS. The molecule has 2 aromatic rings. The third kappa shape index (κ3) is 2.96. The second-order valence-electron chi connectivity index (χ2n) is 3.66. The highest BCUT2D eigenvalue weighted by molar-refractivity contribution is 7.15. The Morgan fingerprint density at radius 1 is 1.50 bits per heavy atom. The van der Waals surface area contributed by atoms with Crippen LogP contribution in [0.1, 0.15) is 10.4 Å². The van der Waals surface area contributed by atoms with Gasteiger partial charge in [0, 0.05) is 24.2 Å². The van der Waals surface area contributed by atoms with E-state index < -0.39 is 0 Å². The molecule has 0 aliphatic carbocycles. The van der Waals surface area contributed by atoms with Crippen molar-refractivity contribution in [2.45, 2.75) is 13.1 Å². The Morgan fingerprint density at radius 2 is 2.33 bits per heavy atom. The first-order valence-corrected chi connectivity index (χ1v) is 6.25. The summed E-state index contributed by atoms with van der Waals surface area (Å²) in [5.41, 5.74) is 6.33. The van der Waals surface area contributed by atoms with Crippen LogP contribution in [0.25, 0.3) is 0 Å². The van der Waals surface area contributed by atoms with E-state index in [0.717, 1.165) is 15.6 Å². The number of thiazole rings is 1. The quantitative estimate of drug-likeness (QED) is 0.873. The van der Waals surface area contributed by atoms with Crippen LogP contribution in [-0.4, -0.2) is 12.1 Å². The maximum atomic E-state index is 13.5. The van der Waals surface area contributed by atoms with Crippen molar-refractivity contribution in [2.75, 3.05) is 12.4 Å². The van der Waals surface area contributed by atoms with Crippen molar-refractivity contribution in [2.24, 2.45) is 5.73 Å². The largest absolute Gasteiger partial charge is 0.494 e. The summed E-state index contributed by atoms with van der Waals surface area (Å²) in [6, 6.07) is 4.87. The number of benzene rings is 1. The average molecular weight is 267 g/mol. The molecule has 4 nitrogen and oxygen atoms in total. The molecule has 0 spiro atoms. The summed E-state index contributed by atoms with van der Waals surface area (Å²) < 4.78 is 18.3. The second kappa shape index (κ2) is 5.79. The number of hydrogen-bond donors (Lipinski definition) is 2. The molecule has 1 aromatic heterocycles.